The number of hydrogen-bond acceptors (Lipinski definition) is 5. The Labute approximate surface area is 136 Å². The van der Waals surface area contributed by atoms with E-state index in [0.29, 0.717) is 0 Å². The molecule has 0 aromatic heterocycles. The summed E-state index contributed by atoms with van der Waals surface area (Å²) in [7, 11) is -3.47. The van der Waals surface area contributed by atoms with Gasteiger partial charge in [-0.1, -0.05) is 30.3 Å². The SMILES string of the molecule is CS[C@@H](C(=O)OC(C)(C)C)[C@H](NS(C)(=O)=O)c1ccccc1. The maximum atomic E-state index is 12.4. The first-order chi connectivity index (χ1) is 10.0. The van der Waals surface area contributed by atoms with Gasteiger partial charge in [-0.25, -0.2) is 13.1 Å². The van der Waals surface area contributed by atoms with Gasteiger partial charge in [0.1, 0.15) is 10.9 Å². The highest BCUT2D eigenvalue weighted by Crippen LogP contribution is 2.28. The van der Waals surface area contributed by atoms with Gasteiger partial charge in [0.2, 0.25) is 10.0 Å². The van der Waals surface area contributed by atoms with Crippen LogP contribution in [0.3, 0.4) is 0 Å². The molecule has 0 saturated heterocycles. The molecule has 0 heterocycles. The Morgan fingerprint density at radius 1 is 1.23 bits per heavy atom. The summed E-state index contributed by atoms with van der Waals surface area (Å²) in [5, 5.41) is -0.670. The van der Waals surface area contributed by atoms with Gasteiger partial charge in [-0.15, -0.1) is 11.8 Å². The van der Waals surface area contributed by atoms with Crippen LogP contribution in [0, 0.1) is 0 Å². The third-order valence-corrected chi connectivity index (χ3v) is 4.35. The molecule has 0 aliphatic carbocycles. The van der Waals surface area contributed by atoms with E-state index in [2.05, 4.69) is 4.72 Å². The van der Waals surface area contributed by atoms with Crippen LogP contribution in [-0.4, -0.2) is 37.7 Å². The van der Waals surface area contributed by atoms with Crippen molar-refractivity contribution in [1.82, 2.24) is 4.72 Å². The number of benzene rings is 1. The number of rotatable bonds is 6. The maximum Gasteiger partial charge on any atom is 0.321 e. The molecular weight excluding hydrogens is 322 g/mol. The molecule has 1 aromatic carbocycles. The van der Waals surface area contributed by atoms with Gasteiger partial charge in [-0.3, -0.25) is 4.79 Å². The minimum absolute atomic E-state index is 0.440. The number of carbonyl (C=O) groups excluding carboxylic acids is 1. The summed E-state index contributed by atoms with van der Waals surface area (Å²) in [6.07, 6.45) is 2.84. The molecule has 5 nitrogen and oxygen atoms in total. The summed E-state index contributed by atoms with van der Waals surface area (Å²) in [6.45, 7) is 5.34. The van der Waals surface area contributed by atoms with Crippen LogP contribution in [0.2, 0.25) is 0 Å². The first kappa shape index (κ1) is 19.0. The molecule has 0 radical (unpaired) electrons. The highest BCUT2D eigenvalue weighted by atomic mass is 32.2. The minimum Gasteiger partial charge on any atom is -0.459 e. The van der Waals surface area contributed by atoms with E-state index in [1.54, 1.807) is 51.3 Å². The Kier molecular flexibility index (Phi) is 6.46. The average Bonchev–Trinajstić information content (AvgIpc) is 2.36. The molecule has 0 saturated carbocycles. The van der Waals surface area contributed by atoms with Crippen molar-refractivity contribution < 1.29 is 17.9 Å². The largest absolute Gasteiger partial charge is 0.459 e. The minimum atomic E-state index is -3.47. The number of sulfonamides is 1. The van der Waals surface area contributed by atoms with Crippen molar-refractivity contribution in [3.8, 4) is 0 Å². The van der Waals surface area contributed by atoms with Crippen LogP contribution >= 0.6 is 11.8 Å². The van der Waals surface area contributed by atoms with Gasteiger partial charge in [0.15, 0.2) is 0 Å². The molecule has 124 valence electrons. The molecule has 0 bridgehead atoms. The van der Waals surface area contributed by atoms with Crippen LogP contribution in [0.15, 0.2) is 30.3 Å². The topological polar surface area (TPSA) is 72.5 Å². The molecular formula is C15H23NO4S2. The van der Waals surface area contributed by atoms with Gasteiger partial charge in [0, 0.05) is 0 Å². The fourth-order valence-electron chi connectivity index (χ4n) is 1.92. The Balaban J connectivity index is 3.15. The first-order valence-corrected chi connectivity index (χ1v) is 9.99. The summed E-state index contributed by atoms with van der Waals surface area (Å²) < 4.78 is 31.3. The molecule has 1 aromatic rings. The number of thioether (sulfide) groups is 1. The van der Waals surface area contributed by atoms with Crippen LogP contribution in [0.25, 0.3) is 0 Å². The lowest BCUT2D eigenvalue weighted by Gasteiger charge is -2.28. The normalized spacial score (nSPS) is 15.1. The molecule has 0 aliphatic heterocycles. The van der Waals surface area contributed by atoms with E-state index in [1.807, 2.05) is 6.07 Å². The Morgan fingerprint density at radius 2 is 1.77 bits per heavy atom. The Hall–Kier alpha value is -1.05. The molecule has 0 amide bonds. The van der Waals surface area contributed by atoms with E-state index in [-0.39, 0.29) is 0 Å². The zero-order chi connectivity index (χ0) is 17.0. The molecule has 7 heteroatoms. The van der Waals surface area contributed by atoms with Gasteiger partial charge >= 0.3 is 5.97 Å². The monoisotopic (exact) mass is 345 g/mol. The summed E-state index contributed by atoms with van der Waals surface area (Å²) in [5.41, 5.74) is 0.0929. The van der Waals surface area contributed by atoms with Crippen LogP contribution in [-0.2, 0) is 19.6 Å². The lowest BCUT2D eigenvalue weighted by atomic mass is 10.0. The van der Waals surface area contributed by atoms with Crippen LogP contribution in [0.5, 0.6) is 0 Å². The van der Waals surface area contributed by atoms with Gasteiger partial charge in [0.25, 0.3) is 0 Å². The predicted molar refractivity (Wildman–Crippen MR) is 90.3 cm³/mol. The van der Waals surface area contributed by atoms with Crippen LogP contribution < -0.4 is 4.72 Å². The molecule has 2 atom stereocenters. The molecule has 1 rings (SSSR count). The molecule has 0 unspecified atom stereocenters. The first-order valence-electron chi connectivity index (χ1n) is 6.81. The fourth-order valence-corrected chi connectivity index (χ4v) is 3.48. The number of hydrogen-bond donors (Lipinski definition) is 1. The van der Waals surface area contributed by atoms with E-state index in [9.17, 15) is 13.2 Å². The van der Waals surface area contributed by atoms with E-state index in [0.717, 1.165) is 11.8 Å². The van der Waals surface area contributed by atoms with Crippen molar-refractivity contribution in [2.45, 2.75) is 37.7 Å². The molecule has 1 N–H and O–H groups in total. The van der Waals surface area contributed by atoms with E-state index < -0.39 is 32.9 Å². The predicted octanol–water partition coefficient (Wildman–Crippen LogP) is 2.35. The van der Waals surface area contributed by atoms with Gasteiger partial charge in [0.05, 0.1) is 12.3 Å². The summed E-state index contributed by atoms with van der Waals surface area (Å²) in [5.74, 6) is -0.440. The quantitative estimate of drug-likeness (QED) is 0.801. The average molecular weight is 345 g/mol. The van der Waals surface area contributed by atoms with Crippen molar-refractivity contribution in [3.63, 3.8) is 0 Å². The van der Waals surface area contributed by atoms with Crippen molar-refractivity contribution in [3.05, 3.63) is 35.9 Å². The number of nitrogens with one attached hydrogen (secondary N) is 1. The van der Waals surface area contributed by atoms with Crippen molar-refractivity contribution in [2.75, 3.05) is 12.5 Å². The smallest absolute Gasteiger partial charge is 0.321 e. The molecule has 0 spiro atoms. The number of carbonyl (C=O) groups is 1. The summed E-state index contributed by atoms with van der Waals surface area (Å²) in [4.78, 5) is 12.4. The zero-order valence-corrected chi connectivity index (χ0v) is 15.1. The molecule has 0 fully saturated rings. The van der Waals surface area contributed by atoms with Crippen LogP contribution in [0.1, 0.15) is 32.4 Å². The zero-order valence-electron chi connectivity index (χ0n) is 13.5. The number of esters is 1. The fraction of sp³-hybridized carbons (Fsp3) is 0.533. The summed E-state index contributed by atoms with van der Waals surface area (Å²) in [6, 6.07) is 8.34. The molecule has 22 heavy (non-hydrogen) atoms. The maximum absolute atomic E-state index is 12.4. The van der Waals surface area contributed by atoms with Gasteiger partial charge < -0.3 is 4.74 Å². The van der Waals surface area contributed by atoms with Gasteiger partial charge in [-0.2, -0.15) is 0 Å². The third-order valence-electron chi connectivity index (χ3n) is 2.70. The van der Waals surface area contributed by atoms with E-state index in [1.165, 1.54) is 11.8 Å². The lowest BCUT2D eigenvalue weighted by Crippen LogP contribution is -2.41. The Bertz CT molecular complexity index is 594. The van der Waals surface area contributed by atoms with Gasteiger partial charge in [-0.05, 0) is 32.6 Å². The lowest BCUT2D eigenvalue weighted by molar-refractivity contribution is -0.154. The Morgan fingerprint density at radius 3 is 2.18 bits per heavy atom. The third kappa shape index (κ3) is 6.37. The summed E-state index contributed by atoms with van der Waals surface area (Å²) >= 11 is 1.26. The second kappa shape index (κ2) is 7.48. The van der Waals surface area contributed by atoms with Crippen molar-refractivity contribution in [1.29, 1.82) is 0 Å². The van der Waals surface area contributed by atoms with Crippen molar-refractivity contribution in [2.24, 2.45) is 0 Å². The van der Waals surface area contributed by atoms with Crippen molar-refractivity contribution >= 4 is 27.8 Å². The second-order valence-electron chi connectivity index (χ2n) is 5.97. The highest BCUT2D eigenvalue weighted by molar-refractivity contribution is 8.00. The standard InChI is InChI=1S/C15H23NO4S2/c1-15(2,3)20-14(17)13(21-4)12(16-22(5,18)19)11-9-7-6-8-10-11/h6-10,12-13,16H,1-5H3/t12-,13-/m1/s1. The highest BCUT2D eigenvalue weighted by Gasteiger charge is 2.34. The van der Waals surface area contributed by atoms with E-state index >= 15 is 0 Å². The molecule has 0 aliphatic rings. The number of ether oxygens (including phenoxy) is 1. The van der Waals surface area contributed by atoms with E-state index in [4.69, 9.17) is 4.74 Å². The van der Waals surface area contributed by atoms with Crippen LogP contribution in [0.4, 0.5) is 0 Å². The second-order valence-corrected chi connectivity index (χ2v) is 8.73.